The summed E-state index contributed by atoms with van der Waals surface area (Å²) in [6, 6.07) is 16.0. The van der Waals surface area contributed by atoms with Gasteiger partial charge in [0.1, 0.15) is 5.75 Å². The molecule has 0 saturated heterocycles. The van der Waals surface area contributed by atoms with Gasteiger partial charge in [0, 0.05) is 12.2 Å². The van der Waals surface area contributed by atoms with Gasteiger partial charge in [0.25, 0.3) is 0 Å². The molecule has 0 fully saturated rings. The summed E-state index contributed by atoms with van der Waals surface area (Å²) < 4.78 is 5.86. The number of ether oxygens (including phenoxy) is 1. The summed E-state index contributed by atoms with van der Waals surface area (Å²) in [6.45, 7) is 3.73. The van der Waals surface area contributed by atoms with Crippen molar-refractivity contribution in [1.29, 1.82) is 0 Å². The van der Waals surface area contributed by atoms with Crippen LogP contribution in [0.25, 0.3) is 0 Å². The summed E-state index contributed by atoms with van der Waals surface area (Å²) >= 11 is 0. The number of unbranched alkanes of at least 4 members (excludes halogenated alkanes) is 2. The van der Waals surface area contributed by atoms with Crippen LogP contribution in [-0.2, 0) is 6.54 Å². The predicted octanol–water partition coefficient (Wildman–Crippen LogP) is 4.45. The molecule has 0 bridgehead atoms. The monoisotopic (exact) mass is 284 g/mol. The molecule has 0 unspecified atom stereocenters. The number of nitrogens with two attached hydrogens (primary N) is 1. The Bertz CT molecular complexity index is 537. The Hall–Kier alpha value is -2.16. The average molecular weight is 284 g/mol. The van der Waals surface area contributed by atoms with Crippen LogP contribution in [0.1, 0.15) is 31.7 Å². The van der Waals surface area contributed by atoms with E-state index in [-0.39, 0.29) is 0 Å². The SMILES string of the molecule is CCCCCOc1ccccc1NCc1ccc(N)cc1. The fraction of sp³-hybridized carbons (Fsp3) is 0.333. The van der Waals surface area contributed by atoms with Gasteiger partial charge in [-0.2, -0.15) is 0 Å². The van der Waals surface area contributed by atoms with Crippen molar-refractivity contribution in [2.75, 3.05) is 17.7 Å². The van der Waals surface area contributed by atoms with Gasteiger partial charge in [-0.25, -0.2) is 0 Å². The second kappa shape index (κ2) is 8.20. The third-order valence-corrected chi connectivity index (χ3v) is 3.36. The van der Waals surface area contributed by atoms with Crippen molar-refractivity contribution in [3.05, 3.63) is 54.1 Å². The molecule has 3 heteroatoms. The number of nitrogens with one attached hydrogen (secondary N) is 1. The molecule has 0 amide bonds. The Morgan fingerprint density at radius 1 is 1.00 bits per heavy atom. The molecule has 0 radical (unpaired) electrons. The maximum atomic E-state index is 5.86. The molecular formula is C18H24N2O. The van der Waals surface area contributed by atoms with E-state index in [1.807, 2.05) is 48.5 Å². The van der Waals surface area contributed by atoms with Crippen molar-refractivity contribution < 1.29 is 4.74 Å². The number of hydrogen-bond donors (Lipinski definition) is 2. The van der Waals surface area contributed by atoms with E-state index in [1.54, 1.807) is 0 Å². The number of nitrogen functional groups attached to an aromatic ring is 1. The maximum absolute atomic E-state index is 5.86. The number of anilines is 2. The fourth-order valence-corrected chi connectivity index (χ4v) is 2.11. The van der Waals surface area contributed by atoms with Crippen LogP contribution >= 0.6 is 0 Å². The molecule has 0 aliphatic rings. The van der Waals surface area contributed by atoms with Crippen LogP contribution in [0, 0.1) is 0 Å². The van der Waals surface area contributed by atoms with E-state index in [2.05, 4.69) is 12.2 Å². The first kappa shape index (κ1) is 15.2. The summed E-state index contributed by atoms with van der Waals surface area (Å²) in [5.41, 5.74) is 8.72. The largest absolute Gasteiger partial charge is 0.491 e. The molecule has 0 spiro atoms. The van der Waals surface area contributed by atoms with Crippen molar-refractivity contribution in [3.8, 4) is 5.75 Å². The van der Waals surface area contributed by atoms with Crippen LogP contribution in [0.4, 0.5) is 11.4 Å². The van der Waals surface area contributed by atoms with Gasteiger partial charge in [-0.05, 0) is 36.2 Å². The van der Waals surface area contributed by atoms with Gasteiger partial charge in [0.2, 0.25) is 0 Å². The highest BCUT2D eigenvalue weighted by Gasteiger charge is 2.02. The molecular weight excluding hydrogens is 260 g/mol. The molecule has 0 atom stereocenters. The molecule has 0 heterocycles. The summed E-state index contributed by atoms with van der Waals surface area (Å²) in [5, 5.41) is 3.42. The van der Waals surface area contributed by atoms with Crippen LogP contribution in [0.2, 0.25) is 0 Å². The Morgan fingerprint density at radius 2 is 1.76 bits per heavy atom. The molecule has 21 heavy (non-hydrogen) atoms. The molecule has 0 aliphatic carbocycles. The zero-order valence-corrected chi connectivity index (χ0v) is 12.6. The van der Waals surface area contributed by atoms with Gasteiger partial charge in [-0.1, -0.05) is 44.0 Å². The summed E-state index contributed by atoms with van der Waals surface area (Å²) in [7, 11) is 0. The Balaban J connectivity index is 1.91. The third-order valence-electron chi connectivity index (χ3n) is 3.36. The van der Waals surface area contributed by atoms with Gasteiger partial charge >= 0.3 is 0 Å². The highest BCUT2D eigenvalue weighted by Crippen LogP contribution is 2.24. The molecule has 0 aromatic heterocycles. The van der Waals surface area contributed by atoms with E-state index < -0.39 is 0 Å². The lowest BCUT2D eigenvalue weighted by molar-refractivity contribution is 0.307. The minimum Gasteiger partial charge on any atom is -0.491 e. The topological polar surface area (TPSA) is 47.3 Å². The first-order valence-corrected chi connectivity index (χ1v) is 7.59. The minimum absolute atomic E-state index is 0.760. The molecule has 0 saturated carbocycles. The second-order valence-corrected chi connectivity index (χ2v) is 5.15. The Kier molecular flexibility index (Phi) is 5.95. The van der Waals surface area contributed by atoms with Crippen LogP contribution in [-0.4, -0.2) is 6.61 Å². The van der Waals surface area contributed by atoms with E-state index in [0.717, 1.165) is 36.7 Å². The van der Waals surface area contributed by atoms with E-state index >= 15 is 0 Å². The van der Waals surface area contributed by atoms with Crippen LogP contribution in [0.5, 0.6) is 5.75 Å². The Labute approximate surface area is 127 Å². The van der Waals surface area contributed by atoms with E-state index in [1.165, 1.54) is 18.4 Å². The van der Waals surface area contributed by atoms with Crippen molar-refractivity contribution in [3.63, 3.8) is 0 Å². The van der Waals surface area contributed by atoms with Crippen molar-refractivity contribution >= 4 is 11.4 Å². The zero-order valence-electron chi connectivity index (χ0n) is 12.6. The minimum atomic E-state index is 0.760. The van der Waals surface area contributed by atoms with Crippen LogP contribution < -0.4 is 15.8 Å². The summed E-state index contributed by atoms with van der Waals surface area (Å²) in [6.07, 6.45) is 3.52. The van der Waals surface area contributed by atoms with E-state index in [0.29, 0.717) is 0 Å². The molecule has 112 valence electrons. The molecule has 0 aliphatic heterocycles. The normalized spacial score (nSPS) is 10.3. The lowest BCUT2D eigenvalue weighted by atomic mass is 10.2. The summed E-state index contributed by atoms with van der Waals surface area (Å²) in [4.78, 5) is 0. The second-order valence-electron chi connectivity index (χ2n) is 5.15. The third kappa shape index (κ3) is 5.03. The molecule has 3 N–H and O–H groups in total. The lowest BCUT2D eigenvalue weighted by Gasteiger charge is -2.13. The maximum Gasteiger partial charge on any atom is 0.142 e. The van der Waals surface area contributed by atoms with Crippen LogP contribution in [0.3, 0.4) is 0 Å². The van der Waals surface area contributed by atoms with Gasteiger partial charge in [0.15, 0.2) is 0 Å². The fourth-order valence-electron chi connectivity index (χ4n) is 2.11. The predicted molar refractivity (Wildman–Crippen MR) is 89.6 cm³/mol. The van der Waals surface area contributed by atoms with Gasteiger partial charge in [0.05, 0.1) is 12.3 Å². The molecule has 2 aromatic carbocycles. The van der Waals surface area contributed by atoms with E-state index in [9.17, 15) is 0 Å². The van der Waals surface area contributed by atoms with Crippen molar-refractivity contribution in [2.45, 2.75) is 32.7 Å². The standard InChI is InChI=1S/C18H24N2O/c1-2-3-6-13-21-18-8-5-4-7-17(18)20-14-15-9-11-16(19)12-10-15/h4-5,7-12,20H,2-3,6,13-14,19H2,1H3. The first-order valence-electron chi connectivity index (χ1n) is 7.59. The molecule has 2 rings (SSSR count). The number of rotatable bonds is 8. The zero-order chi connectivity index (χ0) is 14.9. The number of benzene rings is 2. The average Bonchev–Trinajstić information content (AvgIpc) is 2.52. The number of para-hydroxylation sites is 2. The first-order chi connectivity index (χ1) is 10.3. The van der Waals surface area contributed by atoms with Gasteiger partial charge in [-0.15, -0.1) is 0 Å². The van der Waals surface area contributed by atoms with Crippen molar-refractivity contribution in [1.82, 2.24) is 0 Å². The van der Waals surface area contributed by atoms with Gasteiger partial charge in [-0.3, -0.25) is 0 Å². The quantitative estimate of drug-likeness (QED) is 0.556. The lowest BCUT2D eigenvalue weighted by Crippen LogP contribution is -2.04. The van der Waals surface area contributed by atoms with Crippen LogP contribution in [0.15, 0.2) is 48.5 Å². The Morgan fingerprint density at radius 3 is 2.52 bits per heavy atom. The smallest absolute Gasteiger partial charge is 0.142 e. The summed E-state index contributed by atoms with van der Waals surface area (Å²) in [5.74, 6) is 0.920. The molecule has 3 nitrogen and oxygen atoms in total. The molecule has 2 aromatic rings. The highest BCUT2D eigenvalue weighted by molar-refractivity contribution is 5.56. The van der Waals surface area contributed by atoms with E-state index in [4.69, 9.17) is 10.5 Å². The van der Waals surface area contributed by atoms with Gasteiger partial charge < -0.3 is 15.8 Å². The highest BCUT2D eigenvalue weighted by atomic mass is 16.5. The number of hydrogen-bond acceptors (Lipinski definition) is 3. The van der Waals surface area contributed by atoms with Crippen molar-refractivity contribution in [2.24, 2.45) is 0 Å².